The molecule has 3 rings (SSSR count). The van der Waals surface area contributed by atoms with Gasteiger partial charge in [0, 0.05) is 18.4 Å². The number of carboxylic acids is 1. The number of carbonyl (C=O) groups is 3. The smallest absolute Gasteiger partial charge is 0.407 e. The van der Waals surface area contributed by atoms with Crippen LogP contribution in [0.1, 0.15) is 49.7 Å². The van der Waals surface area contributed by atoms with Crippen LogP contribution in [0.3, 0.4) is 0 Å². The molecule has 1 aliphatic rings. The predicted molar refractivity (Wildman–Crippen MR) is 122 cm³/mol. The topological polar surface area (TPSA) is 105 Å². The fourth-order valence-corrected chi connectivity index (χ4v) is 4.29. The molecule has 0 saturated carbocycles. The number of alkyl halides is 3. The van der Waals surface area contributed by atoms with E-state index in [-0.39, 0.29) is 18.9 Å². The normalized spacial score (nSPS) is 14.4. The molecule has 0 spiro atoms. The van der Waals surface area contributed by atoms with E-state index in [0.29, 0.717) is 12.8 Å². The third-order valence-corrected chi connectivity index (χ3v) is 5.80. The van der Waals surface area contributed by atoms with Crippen LogP contribution < -0.4 is 10.6 Å². The van der Waals surface area contributed by atoms with Gasteiger partial charge < -0.3 is 20.5 Å². The molecule has 0 radical (unpaired) electrons. The molecule has 10 heteroatoms. The molecule has 0 saturated heterocycles. The molecule has 0 heterocycles. The van der Waals surface area contributed by atoms with E-state index in [1.165, 1.54) is 0 Å². The number of nitrogens with one attached hydrogen (secondary N) is 2. The number of carbonyl (C=O) groups excluding carboxylic acids is 2. The van der Waals surface area contributed by atoms with Crippen molar-refractivity contribution in [2.45, 2.75) is 56.8 Å². The number of amides is 2. The number of benzene rings is 2. The highest BCUT2D eigenvalue weighted by Crippen LogP contribution is 2.44. The van der Waals surface area contributed by atoms with Gasteiger partial charge in [0.15, 0.2) is 0 Å². The monoisotopic (exact) mass is 492 g/mol. The van der Waals surface area contributed by atoms with Gasteiger partial charge in [-0.1, -0.05) is 61.9 Å². The Kier molecular flexibility index (Phi) is 8.37. The Hall–Kier alpha value is -3.56. The molecule has 2 atom stereocenters. The Bertz CT molecular complexity index is 1030. The minimum atomic E-state index is -4.75. The molecular weight excluding hydrogens is 465 g/mol. The molecule has 1 aliphatic carbocycles. The number of alkyl carbamates (subject to hydrolysis) is 1. The Morgan fingerprint density at radius 1 is 1.00 bits per heavy atom. The van der Waals surface area contributed by atoms with Crippen LogP contribution in [-0.2, 0) is 14.3 Å². The minimum Gasteiger partial charge on any atom is -0.480 e. The molecule has 0 aliphatic heterocycles. The van der Waals surface area contributed by atoms with Crippen molar-refractivity contribution >= 4 is 18.0 Å². The lowest BCUT2D eigenvalue weighted by Gasteiger charge is -2.21. The molecule has 0 fully saturated rings. The van der Waals surface area contributed by atoms with Crippen LogP contribution in [0, 0.1) is 0 Å². The molecule has 7 nitrogen and oxygen atoms in total. The lowest BCUT2D eigenvalue weighted by atomic mass is 9.98. The number of hydrogen-bond acceptors (Lipinski definition) is 4. The van der Waals surface area contributed by atoms with Crippen molar-refractivity contribution in [3.63, 3.8) is 0 Å². The third kappa shape index (κ3) is 6.97. The lowest BCUT2D eigenvalue weighted by molar-refractivity contribution is -0.160. The maximum absolute atomic E-state index is 12.6. The zero-order chi connectivity index (χ0) is 25.6. The minimum absolute atomic E-state index is 0.0670. The summed E-state index contributed by atoms with van der Waals surface area (Å²) >= 11 is 0. The number of fused-ring (bicyclic) bond motifs is 3. The van der Waals surface area contributed by atoms with Crippen LogP contribution in [0.4, 0.5) is 18.0 Å². The van der Waals surface area contributed by atoms with Crippen molar-refractivity contribution in [3.05, 3.63) is 59.7 Å². The quantitative estimate of drug-likeness (QED) is 0.450. The van der Waals surface area contributed by atoms with Crippen molar-refractivity contribution in [2.24, 2.45) is 0 Å². The standard InChI is InChI=1S/C25H27F3N2O5/c1-2-7-15(12-22(31)30-21(23(32)33)13-25(26,27)28)29-24(34)35-14-20-18-10-5-3-8-16(18)17-9-4-6-11-19(17)20/h3-6,8-11,15,20-21H,2,7,12-14H2,1H3,(H,29,34)(H,30,31)(H,32,33). The Labute approximate surface area is 200 Å². The Morgan fingerprint density at radius 2 is 1.57 bits per heavy atom. The molecule has 0 aromatic heterocycles. The van der Waals surface area contributed by atoms with Gasteiger partial charge in [0.1, 0.15) is 12.6 Å². The van der Waals surface area contributed by atoms with Gasteiger partial charge in [0.05, 0.1) is 6.42 Å². The molecule has 2 aromatic rings. The molecule has 35 heavy (non-hydrogen) atoms. The van der Waals surface area contributed by atoms with Crippen LogP contribution in [0.25, 0.3) is 11.1 Å². The average molecular weight is 492 g/mol. The van der Waals surface area contributed by atoms with Crippen LogP contribution >= 0.6 is 0 Å². The van der Waals surface area contributed by atoms with Gasteiger partial charge in [0.25, 0.3) is 0 Å². The van der Waals surface area contributed by atoms with Crippen LogP contribution in [0.2, 0.25) is 0 Å². The SMILES string of the molecule is CCCC(CC(=O)NC(CC(F)(F)F)C(=O)O)NC(=O)OCC1c2ccccc2-c2ccccc21. The zero-order valence-corrected chi connectivity index (χ0v) is 19.1. The van der Waals surface area contributed by atoms with E-state index in [4.69, 9.17) is 9.84 Å². The van der Waals surface area contributed by atoms with Gasteiger partial charge in [-0.05, 0) is 28.7 Å². The van der Waals surface area contributed by atoms with E-state index >= 15 is 0 Å². The van der Waals surface area contributed by atoms with Gasteiger partial charge in [0.2, 0.25) is 5.91 Å². The van der Waals surface area contributed by atoms with Crippen molar-refractivity contribution in [1.82, 2.24) is 10.6 Å². The second-order valence-electron chi connectivity index (χ2n) is 8.44. The summed E-state index contributed by atoms with van der Waals surface area (Å²) in [6, 6.07) is 12.9. The molecular formula is C25H27F3N2O5. The summed E-state index contributed by atoms with van der Waals surface area (Å²) in [6.07, 6.45) is -6.64. The second kappa shape index (κ2) is 11.2. The highest BCUT2D eigenvalue weighted by Gasteiger charge is 2.36. The largest absolute Gasteiger partial charge is 0.480 e. The summed E-state index contributed by atoms with van der Waals surface area (Å²) in [5.74, 6) is -2.84. The summed E-state index contributed by atoms with van der Waals surface area (Å²) in [6.45, 7) is 1.88. The molecule has 0 bridgehead atoms. The van der Waals surface area contributed by atoms with Gasteiger partial charge in [-0.3, -0.25) is 4.79 Å². The number of hydrogen-bond donors (Lipinski definition) is 3. The van der Waals surface area contributed by atoms with Gasteiger partial charge >= 0.3 is 18.2 Å². The van der Waals surface area contributed by atoms with Crippen molar-refractivity contribution in [1.29, 1.82) is 0 Å². The maximum Gasteiger partial charge on any atom is 0.407 e. The molecule has 188 valence electrons. The van der Waals surface area contributed by atoms with E-state index in [1.807, 2.05) is 60.8 Å². The van der Waals surface area contributed by atoms with Gasteiger partial charge in [-0.2, -0.15) is 13.2 Å². The number of ether oxygens (including phenoxy) is 1. The summed E-state index contributed by atoms with van der Waals surface area (Å²) < 4.78 is 43.2. The van der Waals surface area contributed by atoms with E-state index in [0.717, 1.165) is 22.3 Å². The average Bonchev–Trinajstić information content (AvgIpc) is 3.10. The number of aliphatic carboxylic acids is 1. The first-order valence-electron chi connectivity index (χ1n) is 11.3. The highest BCUT2D eigenvalue weighted by molar-refractivity contribution is 5.84. The van der Waals surface area contributed by atoms with E-state index < -0.39 is 42.7 Å². The predicted octanol–water partition coefficient (Wildman–Crippen LogP) is 4.61. The molecule has 2 amide bonds. The van der Waals surface area contributed by atoms with Crippen molar-refractivity contribution in [2.75, 3.05) is 6.61 Å². The maximum atomic E-state index is 12.6. The third-order valence-electron chi connectivity index (χ3n) is 5.80. The number of rotatable bonds is 10. The highest BCUT2D eigenvalue weighted by atomic mass is 19.4. The fraction of sp³-hybridized carbons (Fsp3) is 0.400. The van der Waals surface area contributed by atoms with Crippen molar-refractivity contribution in [3.8, 4) is 11.1 Å². The van der Waals surface area contributed by atoms with Gasteiger partial charge in [-0.15, -0.1) is 0 Å². The Morgan fingerprint density at radius 3 is 2.09 bits per heavy atom. The van der Waals surface area contributed by atoms with Crippen LogP contribution in [-0.4, -0.2) is 47.9 Å². The summed E-state index contributed by atoms with van der Waals surface area (Å²) in [7, 11) is 0. The number of halogens is 3. The van der Waals surface area contributed by atoms with E-state index in [9.17, 15) is 27.6 Å². The van der Waals surface area contributed by atoms with Gasteiger partial charge in [-0.25, -0.2) is 9.59 Å². The lowest BCUT2D eigenvalue weighted by Crippen LogP contribution is -2.46. The van der Waals surface area contributed by atoms with E-state index in [2.05, 4.69) is 5.32 Å². The first kappa shape index (κ1) is 26.1. The van der Waals surface area contributed by atoms with Crippen LogP contribution in [0.15, 0.2) is 48.5 Å². The summed E-state index contributed by atoms with van der Waals surface area (Å²) in [5.41, 5.74) is 4.22. The first-order chi connectivity index (χ1) is 16.6. The summed E-state index contributed by atoms with van der Waals surface area (Å²) in [4.78, 5) is 35.8. The summed E-state index contributed by atoms with van der Waals surface area (Å²) in [5, 5.41) is 13.4. The van der Waals surface area contributed by atoms with Crippen LogP contribution in [0.5, 0.6) is 0 Å². The Balaban J connectivity index is 1.58. The number of carboxylic acid groups (broad SMARTS) is 1. The first-order valence-corrected chi connectivity index (χ1v) is 11.3. The zero-order valence-electron chi connectivity index (χ0n) is 19.1. The molecule has 2 unspecified atom stereocenters. The fourth-order valence-electron chi connectivity index (χ4n) is 4.29. The second-order valence-corrected chi connectivity index (χ2v) is 8.44. The van der Waals surface area contributed by atoms with Crippen molar-refractivity contribution < 1.29 is 37.4 Å². The molecule has 3 N–H and O–H groups in total. The van der Waals surface area contributed by atoms with E-state index in [1.54, 1.807) is 0 Å². The molecule has 2 aromatic carbocycles.